The van der Waals surface area contributed by atoms with Gasteiger partial charge in [-0.1, -0.05) is 38.5 Å². The molecule has 0 unspecified atom stereocenters. The van der Waals surface area contributed by atoms with E-state index >= 15 is 0 Å². The van der Waals surface area contributed by atoms with Gasteiger partial charge in [-0.25, -0.2) is 0 Å². The Labute approximate surface area is 93.4 Å². The molecule has 0 saturated heterocycles. The van der Waals surface area contributed by atoms with Crippen molar-refractivity contribution in [3.05, 3.63) is 0 Å². The molecule has 0 radical (unpaired) electrons. The van der Waals surface area contributed by atoms with Crippen LogP contribution < -0.4 is 0 Å². The van der Waals surface area contributed by atoms with Crippen molar-refractivity contribution in [2.75, 3.05) is 5.88 Å². The Morgan fingerprint density at radius 2 is 1.43 bits per heavy atom. The quantitative estimate of drug-likeness (QED) is 0.460. The van der Waals surface area contributed by atoms with Crippen LogP contribution in [0.1, 0.15) is 64.2 Å². The van der Waals surface area contributed by atoms with Crippen LogP contribution in [0, 0.1) is 11.3 Å². The largest absolute Gasteiger partial charge is 0.126 e. The van der Waals surface area contributed by atoms with Crippen LogP contribution in [-0.2, 0) is 0 Å². The van der Waals surface area contributed by atoms with E-state index in [1.807, 2.05) is 0 Å². The second-order valence-electron chi connectivity index (χ2n) is 5.39. The van der Waals surface area contributed by atoms with Crippen molar-refractivity contribution in [2.45, 2.75) is 64.2 Å². The average molecular weight is 215 g/mol. The monoisotopic (exact) mass is 214 g/mol. The van der Waals surface area contributed by atoms with Gasteiger partial charge in [-0.2, -0.15) is 0 Å². The van der Waals surface area contributed by atoms with Gasteiger partial charge in [0.1, 0.15) is 0 Å². The highest BCUT2D eigenvalue weighted by Gasteiger charge is 2.39. The molecular formula is C13H23Cl. The molecule has 0 spiro atoms. The van der Waals surface area contributed by atoms with E-state index in [1.54, 1.807) is 0 Å². The molecule has 2 rings (SSSR count). The minimum absolute atomic E-state index is 0.561. The number of rotatable bonds is 2. The van der Waals surface area contributed by atoms with Gasteiger partial charge in [-0.3, -0.25) is 0 Å². The van der Waals surface area contributed by atoms with Gasteiger partial charge in [0.15, 0.2) is 0 Å². The first-order chi connectivity index (χ1) is 6.87. The topological polar surface area (TPSA) is 0 Å². The molecule has 2 aliphatic rings. The van der Waals surface area contributed by atoms with Crippen molar-refractivity contribution in [1.82, 2.24) is 0 Å². The maximum Gasteiger partial charge on any atom is 0.0282 e. The summed E-state index contributed by atoms with van der Waals surface area (Å²) >= 11 is 6.25. The van der Waals surface area contributed by atoms with E-state index in [1.165, 1.54) is 64.2 Å². The molecule has 0 aromatic rings. The molecule has 0 nitrogen and oxygen atoms in total. The molecule has 0 aliphatic heterocycles. The summed E-state index contributed by atoms with van der Waals surface area (Å²) in [5, 5.41) is 0. The van der Waals surface area contributed by atoms with Crippen molar-refractivity contribution in [3.63, 3.8) is 0 Å². The molecule has 0 aromatic carbocycles. The zero-order valence-corrected chi connectivity index (χ0v) is 9.99. The smallest absolute Gasteiger partial charge is 0.0282 e. The normalized spacial score (nSPS) is 28.9. The predicted octanol–water partition coefficient (Wildman–Crippen LogP) is 4.76. The van der Waals surface area contributed by atoms with E-state index < -0.39 is 0 Å². The summed E-state index contributed by atoms with van der Waals surface area (Å²) in [6.45, 7) is 0. The third-order valence-electron chi connectivity index (χ3n) is 4.59. The molecule has 2 fully saturated rings. The molecule has 1 heteroatoms. The van der Waals surface area contributed by atoms with E-state index in [0.717, 1.165) is 11.8 Å². The summed E-state index contributed by atoms with van der Waals surface area (Å²) in [6, 6.07) is 0. The number of hydrogen-bond acceptors (Lipinski definition) is 0. The number of hydrogen-bond donors (Lipinski definition) is 0. The van der Waals surface area contributed by atoms with Crippen molar-refractivity contribution < 1.29 is 0 Å². The number of halogens is 1. The molecule has 0 bridgehead atoms. The maximum atomic E-state index is 6.25. The van der Waals surface area contributed by atoms with Gasteiger partial charge < -0.3 is 0 Å². The zero-order chi connectivity index (χ0) is 9.86. The fourth-order valence-electron chi connectivity index (χ4n) is 3.62. The van der Waals surface area contributed by atoms with Crippen LogP contribution >= 0.6 is 11.6 Å². The first-order valence-corrected chi connectivity index (χ1v) is 6.97. The van der Waals surface area contributed by atoms with Crippen LogP contribution in [0.2, 0.25) is 0 Å². The van der Waals surface area contributed by atoms with E-state index in [2.05, 4.69) is 0 Å². The van der Waals surface area contributed by atoms with Crippen molar-refractivity contribution in [2.24, 2.45) is 11.3 Å². The van der Waals surface area contributed by atoms with Gasteiger partial charge in [0.05, 0.1) is 0 Å². The third kappa shape index (κ3) is 2.10. The van der Waals surface area contributed by atoms with Crippen LogP contribution in [0.3, 0.4) is 0 Å². The summed E-state index contributed by atoms with van der Waals surface area (Å²) < 4.78 is 0. The second kappa shape index (κ2) is 4.88. The Kier molecular flexibility index (Phi) is 3.76. The minimum Gasteiger partial charge on any atom is -0.126 e. The molecule has 0 N–H and O–H groups in total. The average Bonchev–Trinajstić information content (AvgIpc) is 2.54. The summed E-state index contributed by atoms with van der Waals surface area (Å²) in [5.74, 6) is 1.89. The summed E-state index contributed by atoms with van der Waals surface area (Å²) in [7, 11) is 0. The molecule has 2 aliphatic carbocycles. The standard InChI is InChI=1S/C13H23Cl/c14-11-13(9-5-6-10-13)12-7-3-1-2-4-8-12/h12H,1-11H2. The second-order valence-corrected chi connectivity index (χ2v) is 5.66. The van der Waals surface area contributed by atoms with Gasteiger partial charge in [-0.15, -0.1) is 11.6 Å². The first kappa shape index (κ1) is 10.8. The lowest BCUT2D eigenvalue weighted by Crippen LogP contribution is -2.29. The van der Waals surface area contributed by atoms with E-state index in [9.17, 15) is 0 Å². The lowest BCUT2D eigenvalue weighted by Gasteiger charge is -2.35. The Morgan fingerprint density at radius 3 is 1.93 bits per heavy atom. The van der Waals surface area contributed by atoms with Gasteiger partial charge in [0.25, 0.3) is 0 Å². The Bertz CT molecular complexity index is 162. The molecule has 0 amide bonds. The van der Waals surface area contributed by atoms with Crippen LogP contribution in [0.15, 0.2) is 0 Å². The van der Waals surface area contributed by atoms with Crippen LogP contribution in [0.4, 0.5) is 0 Å². The molecule has 14 heavy (non-hydrogen) atoms. The predicted molar refractivity (Wildman–Crippen MR) is 62.8 cm³/mol. The summed E-state index contributed by atoms with van der Waals surface area (Å²) in [5.41, 5.74) is 0.561. The van der Waals surface area contributed by atoms with Crippen molar-refractivity contribution in [3.8, 4) is 0 Å². The van der Waals surface area contributed by atoms with Crippen LogP contribution in [0.25, 0.3) is 0 Å². The van der Waals surface area contributed by atoms with Crippen LogP contribution in [0.5, 0.6) is 0 Å². The highest BCUT2D eigenvalue weighted by molar-refractivity contribution is 6.18. The van der Waals surface area contributed by atoms with Gasteiger partial charge in [-0.05, 0) is 37.0 Å². The third-order valence-corrected chi connectivity index (χ3v) is 5.12. The minimum atomic E-state index is 0.561. The van der Waals surface area contributed by atoms with Gasteiger partial charge in [0.2, 0.25) is 0 Å². The summed E-state index contributed by atoms with van der Waals surface area (Å²) in [6.07, 6.45) is 14.5. The fourth-order valence-corrected chi connectivity index (χ4v) is 4.11. The number of alkyl halides is 1. The van der Waals surface area contributed by atoms with E-state index in [4.69, 9.17) is 11.6 Å². The van der Waals surface area contributed by atoms with Gasteiger partial charge in [0, 0.05) is 5.88 Å². The molecule has 0 atom stereocenters. The molecule has 0 heterocycles. The first-order valence-electron chi connectivity index (χ1n) is 6.43. The van der Waals surface area contributed by atoms with Gasteiger partial charge >= 0.3 is 0 Å². The maximum absolute atomic E-state index is 6.25. The highest BCUT2D eigenvalue weighted by atomic mass is 35.5. The Morgan fingerprint density at radius 1 is 0.857 bits per heavy atom. The highest BCUT2D eigenvalue weighted by Crippen LogP contribution is 2.49. The SMILES string of the molecule is ClCC1(C2CCCCCC2)CCCC1. The van der Waals surface area contributed by atoms with E-state index in [0.29, 0.717) is 5.41 Å². The zero-order valence-electron chi connectivity index (χ0n) is 9.23. The lowest BCUT2D eigenvalue weighted by molar-refractivity contribution is 0.176. The van der Waals surface area contributed by atoms with E-state index in [-0.39, 0.29) is 0 Å². The van der Waals surface area contributed by atoms with Crippen molar-refractivity contribution >= 4 is 11.6 Å². The van der Waals surface area contributed by atoms with Crippen LogP contribution in [-0.4, -0.2) is 5.88 Å². The molecule has 0 aromatic heterocycles. The fraction of sp³-hybridized carbons (Fsp3) is 1.00. The Balaban J connectivity index is 2.01. The van der Waals surface area contributed by atoms with Crippen molar-refractivity contribution in [1.29, 1.82) is 0 Å². The Hall–Kier alpha value is 0.290. The molecule has 2 saturated carbocycles. The molecular weight excluding hydrogens is 192 g/mol. The lowest BCUT2D eigenvalue weighted by atomic mass is 9.72. The molecule has 82 valence electrons. The summed E-state index contributed by atoms with van der Waals surface area (Å²) in [4.78, 5) is 0.